The lowest BCUT2D eigenvalue weighted by Gasteiger charge is -2.60. The molecule has 0 N–H and O–H groups in total. The number of esters is 4. The molecule has 2 saturated heterocycles. The average Bonchev–Trinajstić information content (AvgIpc) is 3.53. The molecule has 9 heteroatoms. The molecule has 0 spiro atoms. The maximum atomic E-state index is 14.9. The molecule has 10 aliphatic rings. The number of ether oxygens (including phenoxy) is 5. The van der Waals surface area contributed by atoms with Crippen LogP contribution in [0.4, 0.5) is 0 Å². The summed E-state index contributed by atoms with van der Waals surface area (Å²) in [4.78, 5) is 54.7. The Balaban J connectivity index is 0.00000174. The van der Waals surface area contributed by atoms with Crippen LogP contribution in [0.3, 0.4) is 0 Å². The summed E-state index contributed by atoms with van der Waals surface area (Å²) in [5, 5.41) is 0. The van der Waals surface area contributed by atoms with E-state index in [1.54, 1.807) is 13.8 Å². The van der Waals surface area contributed by atoms with Crippen molar-refractivity contribution in [2.75, 3.05) is 6.61 Å². The van der Waals surface area contributed by atoms with Crippen molar-refractivity contribution in [2.24, 2.45) is 57.7 Å². The Labute approximate surface area is 335 Å². The van der Waals surface area contributed by atoms with Crippen LogP contribution in [-0.4, -0.2) is 53.6 Å². The molecule has 8 saturated carbocycles. The number of carbonyl (C=O) groups excluding carboxylic acids is 4. The maximum absolute atomic E-state index is 14.9. The van der Waals surface area contributed by atoms with Crippen molar-refractivity contribution >= 4 is 23.9 Å². The maximum Gasteiger partial charge on any atom is 0.341 e. The molecule has 320 valence electrons. The average molecular weight is 779 g/mol. The molecule has 0 amide bonds. The Morgan fingerprint density at radius 1 is 0.745 bits per heavy atom. The van der Waals surface area contributed by atoms with E-state index in [0.717, 1.165) is 44.9 Å². The Morgan fingerprint density at radius 3 is 1.69 bits per heavy atom. The van der Waals surface area contributed by atoms with Gasteiger partial charge in [0.1, 0.15) is 18.3 Å². The van der Waals surface area contributed by atoms with Crippen molar-refractivity contribution in [2.45, 2.75) is 206 Å². The fraction of sp³-hybridized carbons (Fsp3) is 0.913. The first-order valence-corrected chi connectivity index (χ1v) is 19.5. The first kappa shape index (κ1) is 49.0. The van der Waals surface area contributed by atoms with Gasteiger partial charge in [-0.05, 0) is 153 Å². The lowest BCUT2D eigenvalue weighted by Crippen LogP contribution is -2.60. The number of rotatable bonds is 10. The number of carbonyl (C=O) groups is 4. The van der Waals surface area contributed by atoms with Crippen molar-refractivity contribution < 1.29 is 42.9 Å². The van der Waals surface area contributed by atoms with Crippen LogP contribution in [0, 0.1) is 57.7 Å². The van der Waals surface area contributed by atoms with Crippen molar-refractivity contribution in [3.63, 3.8) is 0 Å². The smallest absolute Gasteiger partial charge is 0.341 e. The summed E-state index contributed by atoms with van der Waals surface area (Å²) in [7, 11) is 0. The first-order valence-electron chi connectivity index (χ1n) is 19.5. The fourth-order valence-corrected chi connectivity index (χ4v) is 13.4. The molecular weight excluding hydrogens is 696 g/mol. The molecule has 10 fully saturated rings. The van der Waals surface area contributed by atoms with Gasteiger partial charge in [-0.25, -0.2) is 4.79 Å². The van der Waals surface area contributed by atoms with Gasteiger partial charge < -0.3 is 23.7 Å². The molecule has 4 unspecified atom stereocenters. The molecule has 4 atom stereocenters. The van der Waals surface area contributed by atoms with E-state index in [1.807, 2.05) is 20.8 Å². The van der Waals surface area contributed by atoms with Gasteiger partial charge in [0.05, 0.1) is 17.3 Å². The lowest BCUT2D eigenvalue weighted by atomic mass is 9.47. The summed E-state index contributed by atoms with van der Waals surface area (Å²) in [6.45, 7) is 11.5. The molecule has 10 rings (SSSR count). The Hall–Kier alpha value is -2.16. The summed E-state index contributed by atoms with van der Waals surface area (Å²) in [6, 6.07) is 0. The van der Waals surface area contributed by atoms with Gasteiger partial charge in [-0.2, -0.15) is 0 Å². The van der Waals surface area contributed by atoms with Gasteiger partial charge in [0, 0.05) is 18.8 Å². The number of hydrogen-bond donors (Lipinski definition) is 0. The van der Waals surface area contributed by atoms with E-state index in [2.05, 4.69) is 6.92 Å². The minimum absolute atomic E-state index is 0. The van der Waals surface area contributed by atoms with E-state index < -0.39 is 51.8 Å². The summed E-state index contributed by atoms with van der Waals surface area (Å²) in [5.41, 5.74) is -4.57. The lowest BCUT2D eigenvalue weighted by molar-refractivity contribution is -0.288. The minimum Gasteiger partial charge on any atom is -0.462 e. The third-order valence-electron chi connectivity index (χ3n) is 15.3. The highest BCUT2D eigenvalue weighted by molar-refractivity contribution is 5.85. The molecule has 2 heterocycles. The second kappa shape index (κ2) is 16.2. The molecule has 0 aromatic rings. The zero-order valence-corrected chi connectivity index (χ0v) is 30.6. The Bertz CT molecular complexity index is 1350. The molecule has 55 heavy (non-hydrogen) atoms. The second-order valence-corrected chi connectivity index (χ2v) is 19.6. The van der Waals surface area contributed by atoms with E-state index in [4.69, 9.17) is 23.7 Å². The van der Waals surface area contributed by atoms with Gasteiger partial charge in [-0.3, -0.25) is 14.4 Å². The third-order valence-corrected chi connectivity index (χ3v) is 15.3. The highest BCUT2D eigenvalue weighted by Gasteiger charge is 2.69. The quantitative estimate of drug-likeness (QED) is 0.158. The van der Waals surface area contributed by atoms with E-state index in [9.17, 15) is 19.2 Å². The molecule has 8 bridgehead atoms. The van der Waals surface area contributed by atoms with E-state index in [1.165, 1.54) is 25.7 Å². The van der Waals surface area contributed by atoms with Crippen LogP contribution in [0.25, 0.3) is 0 Å². The molecule has 0 aromatic carbocycles. The van der Waals surface area contributed by atoms with E-state index in [-0.39, 0.29) is 81.8 Å². The molecule has 9 nitrogen and oxygen atoms in total. The molecular formula is C46H82O9. The molecule has 0 radical (unpaired) electrons. The van der Waals surface area contributed by atoms with Crippen LogP contribution >= 0.6 is 0 Å². The third kappa shape index (κ3) is 7.88. The number of hydrogen-bond acceptors (Lipinski definition) is 9. The highest BCUT2D eigenvalue weighted by Crippen LogP contribution is 2.67. The standard InChI is InChI=1S/C40H58O9.6CH4/c1-7-40(34(44)48-38(6,49-40)39-17-25-9-26(18-39)11-27(10-25)19-39)22-36(4,21-35(2,3)32(42)46-30-16-31(41)45-20-30)33(43)47-37(5)28-12-23-8-24(14-28)15-29(37)13-23;;;;;;/h23-30H,7-22H2,1-6H3;6*1H4. The van der Waals surface area contributed by atoms with Crippen molar-refractivity contribution in [1.82, 2.24) is 0 Å². The fourth-order valence-electron chi connectivity index (χ4n) is 13.4. The molecule has 0 aromatic heterocycles. The zero-order chi connectivity index (χ0) is 34.8. The van der Waals surface area contributed by atoms with Crippen molar-refractivity contribution in [3.05, 3.63) is 0 Å². The van der Waals surface area contributed by atoms with Gasteiger partial charge in [-0.1, -0.05) is 51.5 Å². The first-order chi connectivity index (χ1) is 23.0. The largest absolute Gasteiger partial charge is 0.462 e. The van der Waals surface area contributed by atoms with Crippen LogP contribution in [0.5, 0.6) is 0 Å². The number of cyclic esters (lactones) is 2. The SMILES string of the molecule is C.C.C.C.C.C.CCC1(CC(C)(CC(C)(C)C(=O)OC2COC(=O)C2)C(=O)OC2(C)C3CC4CC(C3)CC2C4)OC(C)(C23CC4CC(CC(C4)C2)C3)OC1=O. The second-order valence-electron chi connectivity index (χ2n) is 19.6. The van der Waals surface area contributed by atoms with Crippen molar-refractivity contribution in [1.29, 1.82) is 0 Å². The molecule has 8 aliphatic carbocycles. The minimum atomic E-state index is -1.36. The van der Waals surface area contributed by atoms with Gasteiger partial charge in [0.2, 0.25) is 5.79 Å². The van der Waals surface area contributed by atoms with Crippen LogP contribution < -0.4 is 0 Å². The summed E-state index contributed by atoms with van der Waals surface area (Å²) >= 11 is 0. The molecule has 2 aliphatic heterocycles. The Morgan fingerprint density at radius 2 is 1.24 bits per heavy atom. The topological polar surface area (TPSA) is 114 Å². The van der Waals surface area contributed by atoms with Gasteiger partial charge in [0.25, 0.3) is 0 Å². The highest BCUT2D eigenvalue weighted by atomic mass is 16.8. The van der Waals surface area contributed by atoms with Crippen LogP contribution in [0.15, 0.2) is 0 Å². The predicted molar refractivity (Wildman–Crippen MR) is 218 cm³/mol. The normalized spacial score (nSPS) is 42.4. The van der Waals surface area contributed by atoms with Crippen LogP contribution in [-0.2, 0) is 42.9 Å². The predicted octanol–water partition coefficient (Wildman–Crippen LogP) is 10.9. The summed E-state index contributed by atoms with van der Waals surface area (Å²) < 4.78 is 31.1. The van der Waals surface area contributed by atoms with Gasteiger partial charge in [-0.15, -0.1) is 0 Å². The zero-order valence-electron chi connectivity index (χ0n) is 30.6. The van der Waals surface area contributed by atoms with Crippen molar-refractivity contribution in [3.8, 4) is 0 Å². The van der Waals surface area contributed by atoms with Crippen LogP contribution in [0.1, 0.15) is 182 Å². The van der Waals surface area contributed by atoms with Crippen LogP contribution in [0.2, 0.25) is 0 Å². The van der Waals surface area contributed by atoms with Gasteiger partial charge in [0.15, 0.2) is 5.60 Å². The van der Waals surface area contributed by atoms with Gasteiger partial charge >= 0.3 is 23.9 Å². The summed E-state index contributed by atoms with van der Waals surface area (Å²) in [5.74, 6) is 1.27. The monoisotopic (exact) mass is 779 g/mol. The van der Waals surface area contributed by atoms with E-state index >= 15 is 0 Å². The van der Waals surface area contributed by atoms with E-state index in [0.29, 0.717) is 47.8 Å². The summed E-state index contributed by atoms with van der Waals surface area (Å²) in [6.07, 6.45) is 12.3. The Kier molecular flexibility index (Phi) is 14.5.